The highest BCUT2D eigenvalue weighted by molar-refractivity contribution is 5.97. The number of hydrogen-bond donors (Lipinski definition) is 1. The van der Waals surface area contributed by atoms with Crippen LogP contribution in [0.1, 0.15) is 31.7 Å². The van der Waals surface area contributed by atoms with E-state index >= 15 is 0 Å². The monoisotopic (exact) mass is 346 g/mol. The molecular formula is C19H26N2O4. The summed E-state index contributed by atoms with van der Waals surface area (Å²) < 4.78 is 10.8. The van der Waals surface area contributed by atoms with Crippen molar-refractivity contribution in [1.82, 2.24) is 0 Å². The molecule has 1 unspecified atom stereocenters. The van der Waals surface area contributed by atoms with Crippen LogP contribution >= 0.6 is 0 Å². The van der Waals surface area contributed by atoms with Gasteiger partial charge in [-0.15, -0.1) is 0 Å². The van der Waals surface area contributed by atoms with E-state index in [9.17, 15) is 9.59 Å². The SMILES string of the molecule is CCCN1C(=O)CCc2cc(NC(=O)COCC3CCOC3)ccc21. The van der Waals surface area contributed by atoms with E-state index in [1.165, 1.54) is 0 Å². The summed E-state index contributed by atoms with van der Waals surface area (Å²) >= 11 is 0. The average molecular weight is 346 g/mol. The van der Waals surface area contributed by atoms with Gasteiger partial charge in [-0.05, 0) is 43.0 Å². The van der Waals surface area contributed by atoms with Crippen molar-refractivity contribution in [2.45, 2.75) is 32.6 Å². The maximum absolute atomic E-state index is 12.1. The zero-order valence-electron chi connectivity index (χ0n) is 14.8. The molecule has 1 aromatic carbocycles. The Bertz CT molecular complexity index is 626. The summed E-state index contributed by atoms with van der Waals surface area (Å²) in [5, 5.41) is 2.88. The number of benzene rings is 1. The number of anilines is 2. The second kappa shape index (κ2) is 8.45. The predicted molar refractivity (Wildman–Crippen MR) is 95.8 cm³/mol. The van der Waals surface area contributed by atoms with Crippen LogP contribution in [0.15, 0.2) is 18.2 Å². The van der Waals surface area contributed by atoms with Crippen molar-refractivity contribution >= 4 is 23.2 Å². The highest BCUT2D eigenvalue weighted by Crippen LogP contribution is 2.30. The van der Waals surface area contributed by atoms with E-state index in [2.05, 4.69) is 12.2 Å². The van der Waals surface area contributed by atoms with Crippen LogP contribution in [0.25, 0.3) is 0 Å². The molecule has 0 radical (unpaired) electrons. The smallest absolute Gasteiger partial charge is 0.250 e. The van der Waals surface area contributed by atoms with Crippen molar-refractivity contribution in [3.8, 4) is 0 Å². The molecule has 1 aromatic rings. The van der Waals surface area contributed by atoms with Crippen LogP contribution < -0.4 is 10.2 Å². The number of nitrogens with zero attached hydrogens (tertiary/aromatic N) is 1. The number of nitrogens with one attached hydrogen (secondary N) is 1. The molecule has 0 aromatic heterocycles. The molecule has 2 heterocycles. The number of ether oxygens (including phenoxy) is 2. The number of amides is 2. The third-order valence-corrected chi connectivity index (χ3v) is 4.62. The molecule has 0 bridgehead atoms. The van der Waals surface area contributed by atoms with Gasteiger partial charge in [-0.1, -0.05) is 6.92 Å². The predicted octanol–water partition coefficient (Wildman–Crippen LogP) is 2.37. The summed E-state index contributed by atoms with van der Waals surface area (Å²) in [5.74, 6) is 0.422. The van der Waals surface area contributed by atoms with Crippen molar-refractivity contribution in [1.29, 1.82) is 0 Å². The fraction of sp³-hybridized carbons (Fsp3) is 0.579. The Kier molecular flexibility index (Phi) is 6.04. The van der Waals surface area contributed by atoms with E-state index in [0.717, 1.165) is 56.0 Å². The summed E-state index contributed by atoms with van der Waals surface area (Å²) in [7, 11) is 0. The van der Waals surface area contributed by atoms with Crippen LogP contribution in [-0.4, -0.2) is 44.8 Å². The van der Waals surface area contributed by atoms with E-state index < -0.39 is 0 Å². The lowest BCUT2D eigenvalue weighted by molar-refractivity contribution is -0.121. The summed E-state index contributed by atoms with van der Waals surface area (Å²) in [6, 6.07) is 5.74. The van der Waals surface area contributed by atoms with Crippen molar-refractivity contribution in [2.24, 2.45) is 5.92 Å². The first-order chi connectivity index (χ1) is 12.2. The zero-order valence-corrected chi connectivity index (χ0v) is 14.8. The lowest BCUT2D eigenvalue weighted by Gasteiger charge is -2.29. The number of aryl methyl sites for hydroxylation is 1. The Labute approximate surface area is 148 Å². The standard InChI is InChI=1S/C19H26N2O4/c1-2-8-21-17-5-4-16(10-15(17)3-6-19(21)23)20-18(22)13-25-12-14-7-9-24-11-14/h4-5,10,14H,2-3,6-9,11-13H2,1H3,(H,20,22). The van der Waals surface area contributed by atoms with Gasteiger partial charge in [0.25, 0.3) is 0 Å². The molecule has 1 saturated heterocycles. The van der Waals surface area contributed by atoms with Gasteiger partial charge in [0.15, 0.2) is 0 Å². The van der Waals surface area contributed by atoms with Gasteiger partial charge in [0, 0.05) is 36.9 Å². The number of hydrogen-bond acceptors (Lipinski definition) is 4. The van der Waals surface area contributed by atoms with E-state index in [-0.39, 0.29) is 18.4 Å². The maximum Gasteiger partial charge on any atom is 0.250 e. The molecule has 136 valence electrons. The highest BCUT2D eigenvalue weighted by Gasteiger charge is 2.23. The zero-order chi connectivity index (χ0) is 17.6. The Morgan fingerprint density at radius 1 is 1.40 bits per heavy atom. The van der Waals surface area contributed by atoms with Gasteiger partial charge in [-0.3, -0.25) is 9.59 Å². The van der Waals surface area contributed by atoms with Crippen LogP contribution in [0.3, 0.4) is 0 Å². The lowest BCUT2D eigenvalue weighted by Crippen LogP contribution is -2.35. The average Bonchev–Trinajstić information content (AvgIpc) is 3.11. The van der Waals surface area contributed by atoms with Crippen LogP contribution in [0.2, 0.25) is 0 Å². The molecule has 0 saturated carbocycles. The molecule has 6 heteroatoms. The largest absolute Gasteiger partial charge is 0.381 e. The molecule has 25 heavy (non-hydrogen) atoms. The highest BCUT2D eigenvalue weighted by atomic mass is 16.5. The Hall–Kier alpha value is -1.92. The number of fused-ring (bicyclic) bond motifs is 1. The normalized spacial score (nSPS) is 19.8. The van der Waals surface area contributed by atoms with E-state index in [0.29, 0.717) is 18.9 Å². The molecule has 1 N–H and O–H groups in total. The molecule has 0 spiro atoms. The molecule has 2 aliphatic rings. The fourth-order valence-electron chi connectivity index (χ4n) is 3.34. The van der Waals surface area contributed by atoms with Crippen molar-refractivity contribution < 1.29 is 19.1 Å². The van der Waals surface area contributed by atoms with E-state index in [1.54, 1.807) is 0 Å². The van der Waals surface area contributed by atoms with Gasteiger partial charge in [0.05, 0.1) is 13.2 Å². The Morgan fingerprint density at radius 2 is 2.28 bits per heavy atom. The molecule has 1 fully saturated rings. The molecule has 1 atom stereocenters. The van der Waals surface area contributed by atoms with E-state index in [1.807, 2.05) is 23.1 Å². The molecule has 6 nitrogen and oxygen atoms in total. The number of rotatable bonds is 7. The molecule has 0 aliphatic carbocycles. The van der Waals surface area contributed by atoms with E-state index in [4.69, 9.17) is 9.47 Å². The minimum absolute atomic E-state index is 0.0496. The third kappa shape index (κ3) is 4.58. The lowest BCUT2D eigenvalue weighted by atomic mass is 10.00. The van der Waals surface area contributed by atoms with Gasteiger partial charge in [0.1, 0.15) is 6.61 Å². The van der Waals surface area contributed by atoms with Crippen molar-refractivity contribution in [3.63, 3.8) is 0 Å². The topological polar surface area (TPSA) is 67.9 Å². The Morgan fingerprint density at radius 3 is 3.04 bits per heavy atom. The second-order valence-corrected chi connectivity index (χ2v) is 6.68. The first kappa shape index (κ1) is 17.9. The molecule has 2 amide bonds. The minimum Gasteiger partial charge on any atom is -0.381 e. The van der Waals surface area contributed by atoms with Crippen LogP contribution in [-0.2, 0) is 25.5 Å². The van der Waals surface area contributed by atoms with Crippen molar-refractivity contribution in [3.05, 3.63) is 23.8 Å². The molecule has 2 aliphatic heterocycles. The maximum atomic E-state index is 12.1. The van der Waals surface area contributed by atoms with Gasteiger partial charge in [-0.25, -0.2) is 0 Å². The van der Waals surface area contributed by atoms with Gasteiger partial charge < -0.3 is 19.7 Å². The van der Waals surface area contributed by atoms with Crippen LogP contribution in [0.4, 0.5) is 11.4 Å². The van der Waals surface area contributed by atoms with Gasteiger partial charge >= 0.3 is 0 Å². The fourth-order valence-corrected chi connectivity index (χ4v) is 3.34. The quantitative estimate of drug-likeness (QED) is 0.823. The number of carbonyl (C=O) groups is 2. The minimum atomic E-state index is -0.156. The second-order valence-electron chi connectivity index (χ2n) is 6.68. The molecule has 3 rings (SSSR count). The third-order valence-electron chi connectivity index (χ3n) is 4.62. The first-order valence-corrected chi connectivity index (χ1v) is 9.06. The van der Waals surface area contributed by atoms with Gasteiger partial charge in [0.2, 0.25) is 11.8 Å². The molecular weight excluding hydrogens is 320 g/mol. The summed E-state index contributed by atoms with van der Waals surface area (Å²) in [6.45, 7) is 4.91. The first-order valence-electron chi connectivity index (χ1n) is 9.06. The summed E-state index contributed by atoms with van der Waals surface area (Å²) in [6.07, 6.45) is 3.17. The van der Waals surface area contributed by atoms with Crippen LogP contribution in [0, 0.1) is 5.92 Å². The summed E-state index contributed by atoms with van der Waals surface area (Å²) in [4.78, 5) is 26.0. The van der Waals surface area contributed by atoms with Crippen molar-refractivity contribution in [2.75, 3.05) is 43.2 Å². The van der Waals surface area contributed by atoms with Crippen LogP contribution in [0.5, 0.6) is 0 Å². The van der Waals surface area contributed by atoms with Gasteiger partial charge in [-0.2, -0.15) is 0 Å². The number of carbonyl (C=O) groups excluding carboxylic acids is 2. The Balaban J connectivity index is 1.54. The summed E-state index contributed by atoms with van der Waals surface area (Å²) in [5.41, 5.74) is 2.82.